The van der Waals surface area contributed by atoms with E-state index in [9.17, 15) is 18.8 Å². The van der Waals surface area contributed by atoms with E-state index in [-0.39, 0.29) is 36.4 Å². The first-order chi connectivity index (χ1) is 20.0. The van der Waals surface area contributed by atoms with Crippen LogP contribution < -0.4 is 5.32 Å². The molecule has 1 saturated heterocycles. The van der Waals surface area contributed by atoms with Gasteiger partial charge in [-0.05, 0) is 84.4 Å². The van der Waals surface area contributed by atoms with Crippen molar-refractivity contribution in [2.45, 2.75) is 59.2 Å². The number of Topliss-reactive ketones (excluding diaryl/α,β-unsaturated/α-hetero) is 1. The number of hydrogen-bond donors (Lipinski definition) is 1. The number of rotatable bonds is 7. The second-order valence-electron chi connectivity index (χ2n) is 11.3. The molecular formula is C30H29BrFN7O3. The summed E-state index contributed by atoms with van der Waals surface area (Å²) in [6.07, 6.45) is 4.19. The molecule has 0 spiro atoms. The van der Waals surface area contributed by atoms with Crippen molar-refractivity contribution in [1.29, 1.82) is 0 Å². The van der Waals surface area contributed by atoms with E-state index in [0.29, 0.717) is 33.6 Å². The minimum atomic E-state index is -0.851. The highest BCUT2D eigenvalue weighted by Gasteiger charge is 2.67. The van der Waals surface area contributed by atoms with Gasteiger partial charge in [0.05, 0.1) is 12.2 Å². The van der Waals surface area contributed by atoms with Gasteiger partial charge < -0.3 is 10.2 Å². The number of nitrogens with one attached hydrogen (secondary N) is 1. The van der Waals surface area contributed by atoms with Crippen LogP contribution >= 0.6 is 15.9 Å². The smallest absolute Gasteiger partial charge is 0.248 e. The van der Waals surface area contributed by atoms with Gasteiger partial charge in [-0.1, -0.05) is 6.07 Å². The van der Waals surface area contributed by atoms with Crippen molar-refractivity contribution in [1.82, 2.24) is 29.6 Å². The number of fused-ring (bicyclic) bond motifs is 2. The van der Waals surface area contributed by atoms with Crippen LogP contribution in [0.25, 0.3) is 22.0 Å². The lowest BCUT2D eigenvalue weighted by molar-refractivity contribution is -0.138. The fraction of sp³-hybridized carbons (Fsp3) is 0.367. The molecule has 3 atom stereocenters. The molecule has 0 bridgehead atoms. The summed E-state index contributed by atoms with van der Waals surface area (Å²) in [6.45, 7) is 6.14. The number of aryl methyl sites for hydroxylation is 3. The van der Waals surface area contributed by atoms with Crippen LogP contribution in [0.2, 0.25) is 0 Å². The van der Waals surface area contributed by atoms with Crippen LogP contribution in [0.5, 0.6) is 0 Å². The first kappa shape index (κ1) is 28.1. The van der Waals surface area contributed by atoms with Gasteiger partial charge in [-0.3, -0.25) is 23.5 Å². The van der Waals surface area contributed by atoms with Gasteiger partial charge in [0.25, 0.3) is 0 Å². The Morgan fingerprint density at radius 3 is 2.50 bits per heavy atom. The Kier molecular flexibility index (Phi) is 6.91. The Morgan fingerprint density at radius 2 is 1.81 bits per heavy atom. The maximum absolute atomic E-state index is 14.2. The predicted octanol–water partition coefficient (Wildman–Crippen LogP) is 4.75. The van der Waals surface area contributed by atoms with Gasteiger partial charge >= 0.3 is 0 Å². The number of alkyl halides is 1. The zero-order valence-corrected chi connectivity index (χ0v) is 25.2. The highest BCUT2D eigenvalue weighted by atomic mass is 79.9. The number of carbonyl (C=O) groups is 3. The van der Waals surface area contributed by atoms with E-state index in [2.05, 4.69) is 41.3 Å². The zero-order chi connectivity index (χ0) is 29.9. The van der Waals surface area contributed by atoms with Crippen molar-refractivity contribution in [3.05, 3.63) is 63.9 Å². The number of likely N-dealkylation sites (tertiary alicyclic amines) is 1. The van der Waals surface area contributed by atoms with Crippen molar-refractivity contribution >= 4 is 50.2 Å². The number of halogens is 2. The number of pyridine rings is 1. The van der Waals surface area contributed by atoms with E-state index in [1.54, 1.807) is 25.4 Å². The molecule has 4 heterocycles. The molecule has 10 nitrogen and oxygen atoms in total. The molecule has 216 valence electrons. The number of anilines is 1. The number of amides is 2. The maximum atomic E-state index is 14.2. The molecule has 1 aromatic carbocycles. The van der Waals surface area contributed by atoms with Crippen molar-refractivity contribution in [2.75, 3.05) is 12.0 Å². The van der Waals surface area contributed by atoms with Crippen LogP contribution in [0.1, 0.15) is 47.2 Å². The first-order valence-electron chi connectivity index (χ1n) is 13.6. The number of nitrogens with zero attached hydrogens (tertiary/aromatic N) is 6. The summed E-state index contributed by atoms with van der Waals surface area (Å²) in [7, 11) is 0. The van der Waals surface area contributed by atoms with E-state index in [1.807, 2.05) is 32.0 Å². The highest BCUT2D eigenvalue weighted by molar-refractivity contribution is 9.10. The van der Waals surface area contributed by atoms with Crippen LogP contribution in [-0.4, -0.2) is 66.0 Å². The number of aromatic nitrogens is 5. The van der Waals surface area contributed by atoms with Gasteiger partial charge in [-0.2, -0.15) is 5.10 Å². The van der Waals surface area contributed by atoms with Gasteiger partial charge in [0.1, 0.15) is 34.5 Å². The SMILES string of the molecule is CC(=O)c1nn(CC(=O)N2C3C[C@]3(CF)C[C@H]2C(=O)Nc2nc(Br)ccc2C)c2c(C)cc(-c3cnc(C)nc3)cc12. The fourth-order valence-corrected chi connectivity index (χ4v) is 6.37. The van der Waals surface area contributed by atoms with Crippen LogP contribution in [0.15, 0.2) is 41.3 Å². The predicted molar refractivity (Wildman–Crippen MR) is 158 cm³/mol. The summed E-state index contributed by atoms with van der Waals surface area (Å²) in [6, 6.07) is 6.17. The Bertz CT molecular complexity index is 1770. The van der Waals surface area contributed by atoms with Crippen LogP contribution in [-0.2, 0) is 16.1 Å². The van der Waals surface area contributed by atoms with E-state index < -0.39 is 24.0 Å². The average Bonchev–Trinajstić information content (AvgIpc) is 3.37. The van der Waals surface area contributed by atoms with E-state index in [0.717, 1.165) is 22.3 Å². The highest BCUT2D eigenvalue weighted by Crippen LogP contribution is 2.60. The summed E-state index contributed by atoms with van der Waals surface area (Å²) in [4.78, 5) is 54.4. The van der Waals surface area contributed by atoms with E-state index >= 15 is 0 Å². The van der Waals surface area contributed by atoms with Gasteiger partial charge in [-0.25, -0.2) is 15.0 Å². The van der Waals surface area contributed by atoms with Crippen molar-refractivity contribution in [3.63, 3.8) is 0 Å². The normalized spacial score (nSPS) is 21.0. The first-order valence-corrected chi connectivity index (χ1v) is 14.4. The third-order valence-corrected chi connectivity index (χ3v) is 8.79. The molecule has 0 radical (unpaired) electrons. The number of benzene rings is 1. The molecule has 1 aliphatic carbocycles. The summed E-state index contributed by atoms with van der Waals surface area (Å²) < 4.78 is 16.3. The molecule has 1 unspecified atom stereocenters. The third-order valence-electron chi connectivity index (χ3n) is 8.35. The molecule has 6 rings (SSSR count). The molecule has 1 saturated carbocycles. The van der Waals surface area contributed by atoms with Crippen molar-refractivity contribution in [2.24, 2.45) is 5.41 Å². The van der Waals surface area contributed by atoms with Gasteiger partial charge in [0.15, 0.2) is 5.78 Å². The van der Waals surface area contributed by atoms with Gasteiger partial charge in [-0.15, -0.1) is 0 Å². The largest absolute Gasteiger partial charge is 0.325 e. The summed E-state index contributed by atoms with van der Waals surface area (Å²) >= 11 is 3.32. The summed E-state index contributed by atoms with van der Waals surface area (Å²) in [5.41, 5.74) is 3.37. The minimum Gasteiger partial charge on any atom is -0.325 e. The number of ketones is 1. The summed E-state index contributed by atoms with van der Waals surface area (Å²) in [5.74, 6) is 0.0227. The van der Waals surface area contributed by atoms with Gasteiger partial charge in [0.2, 0.25) is 11.8 Å². The third kappa shape index (κ3) is 4.77. The Balaban J connectivity index is 1.33. The van der Waals surface area contributed by atoms with E-state index in [4.69, 9.17) is 0 Å². The second kappa shape index (κ2) is 10.3. The maximum Gasteiger partial charge on any atom is 0.248 e. The average molecular weight is 635 g/mol. The minimum absolute atomic E-state index is 0.200. The molecule has 2 aliphatic rings. The molecule has 1 aliphatic heterocycles. The monoisotopic (exact) mass is 633 g/mol. The summed E-state index contributed by atoms with van der Waals surface area (Å²) in [5, 5.41) is 7.99. The van der Waals surface area contributed by atoms with E-state index in [1.165, 1.54) is 16.5 Å². The molecular weight excluding hydrogens is 605 g/mol. The van der Waals surface area contributed by atoms with Gasteiger partial charge in [0, 0.05) is 41.7 Å². The van der Waals surface area contributed by atoms with Crippen LogP contribution in [0.4, 0.5) is 10.2 Å². The lowest BCUT2D eigenvalue weighted by Crippen LogP contribution is -2.47. The van der Waals surface area contributed by atoms with Crippen molar-refractivity contribution in [3.8, 4) is 11.1 Å². The number of hydrogen-bond acceptors (Lipinski definition) is 7. The molecule has 2 amide bonds. The van der Waals surface area contributed by atoms with Crippen LogP contribution in [0, 0.1) is 26.2 Å². The number of piperidine rings is 1. The lowest BCUT2D eigenvalue weighted by Gasteiger charge is -2.27. The fourth-order valence-electron chi connectivity index (χ4n) is 6.06. The Labute approximate surface area is 249 Å². The zero-order valence-electron chi connectivity index (χ0n) is 23.6. The molecule has 4 aromatic rings. The molecule has 42 heavy (non-hydrogen) atoms. The quantitative estimate of drug-likeness (QED) is 0.230. The topological polar surface area (TPSA) is 123 Å². The Morgan fingerprint density at radius 1 is 1.07 bits per heavy atom. The molecule has 3 aromatic heterocycles. The standard InChI is InChI=1S/C30H29BrFN7O3/c1-15-5-6-24(31)35-28(15)36-29(42)22-9-30(14-32)10-23(30)39(22)25(41)13-38-27-16(2)7-19(20-11-33-18(4)34-12-20)8-21(27)26(37-38)17(3)40/h5-8,11-12,22-23H,9-10,13-14H2,1-4H3,(H,35,36,42)/t22-,23?,30-/m0/s1. The lowest BCUT2D eigenvalue weighted by atomic mass is 10.0. The molecule has 2 fully saturated rings. The van der Waals surface area contributed by atoms with Crippen LogP contribution in [0.3, 0.4) is 0 Å². The second-order valence-corrected chi connectivity index (χ2v) is 12.1. The Hall–Kier alpha value is -4.06. The number of carbonyl (C=O) groups excluding carboxylic acids is 3. The molecule has 1 N–H and O–H groups in total. The van der Waals surface area contributed by atoms with Crippen molar-refractivity contribution < 1.29 is 18.8 Å². The molecule has 12 heteroatoms.